The molecule has 0 saturated carbocycles. The van der Waals surface area contributed by atoms with E-state index in [1.807, 2.05) is 18.2 Å². The second-order valence-corrected chi connectivity index (χ2v) is 4.54. The predicted molar refractivity (Wildman–Crippen MR) is 90.6 cm³/mol. The van der Waals surface area contributed by atoms with Gasteiger partial charge in [0.05, 0.1) is 6.42 Å². The van der Waals surface area contributed by atoms with Crippen LogP contribution in [0.2, 0.25) is 5.02 Å². The Bertz CT molecular complexity index is 453. The summed E-state index contributed by atoms with van der Waals surface area (Å²) in [5.74, 6) is 0.348. The van der Waals surface area contributed by atoms with Gasteiger partial charge in [0.15, 0.2) is 5.96 Å². The van der Waals surface area contributed by atoms with E-state index in [-0.39, 0.29) is 30.5 Å². The van der Waals surface area contributed by atoms with Crippen molar-refractivity contribution in [2.45, 2.75) is 19.0 Å². The minimum absolute atomic E-state index is 0. The van der Waals surface area contributed by atoms with Crippen molar-refractivity contribution in [1.29, 1.82) is 0 Å². The highest BCUT2D eigenvalue weighted by Gasteiger charge is 2.26. The lowest BCUT2D eigenvalue weighted by Crippen LogP contribution is -2.39. The van der Waals surface area contributed by atoms with Crippen LogP contribution in [0.15, 0.2) is 29.3 Å². The molecular formula is C13H18ClF3IN3. The third-order valence-electron chi connectivity index (χ3n) is 2.57. The molecule has 0 saturated heterocycles. The average Bonchev–Trinajstić information content (AvgIpc) is 2.37. The Morgan fingerprint density at radius 1 is 1.19 bits per heavy atom. The fourth-order valence-corrected chi connectivity index (χ4v) is 1.79. The molecule has 0 spiro atoms. The third kappa shape index (κ3) is 9.02. The van der Waals surface area contributed by atoms with Crippen LogP contribution in [0.4, 0.5) is 13.2 Å². The van der Waals surface area contributed by atoms with Crippen LogP contribution in [0, 0.1) is 0 Å². The molecule has 1 aromatic carbocycles. The molecule has 8 heteroatoms. The van der Waals surface area contributed by atoms with Gasteiger partial charge in [0.1, 0.15) is 0 Å². The second-order valence-electron chi connectivity index (χ2n) is 4.13. The van der Waals surface area contributed by atoms with Crippen molar-refractivity contribution in [1.82, 2.24) is 10.6 Å². The minimum atomic E-state index is -4.16. The van der Waals surface area contributed by atoms with Crippen LogP contribution in [0.25, 0.3) is 0 Å². The summed E-state index contributed by atoms with van der Waals surface area (Å²) >= 11 is 6.01. The van der Waals surface area contributed by atoms with Gasteiger partial charge in [-0.25, -0.2) is 0 Å². The molecule has 0 atom stereocenters. The monoisotopic (exact) mass is 435 g/mol. The fourth-order valence-electron chi connectivity index (χ4n) is 1.56. The molecule has 0 aliphatic heterocycles. The van der Waals surface area contributed by atoms with Gasteiger partial charge in [-0.05, 0) is 18.1 Å². The van der Waals surface area contributed by atoms with E-state index in [1.54, 1.807) is 6.07 Å². The molecule has 120 valence electrons. The van der Waals surface area contributed by atoms with Crippen molar-refractivity contribution in [3.8, 4) is 0 Å². The van der Waals surface area contributed by atoms with E-state index in [0.29, 0.717) is 23.9 Å². The van der Waals surface area contributed by atoms with Crippen LogP contribution in [0.3, 0.4) is 0 Å². The molecule has 0 aromatic heterocycles. The van der Waals surface area contributed by atoms with Crippen molar-refractivity contribution in [2.75, 3.05) is 20.1 Å². The van der Waals surface area contributed by atoms with Crippen LogP contribution in [0.1, 0.15) is 12.0 Å². The molecule has 0 aliphatic carbocycles. The zero-order valence-electron chi connectivity index (χ0n) is 11.5. The van der Waals surface area contributed by atoms with Gasteiger partial charge in [-0.1, -0.05) is 29.8 Å². The zero-order valence-corrected chi connectivity index (χ0v) is 14.6. The quantitative estimate of drug-likeness (QED) is 0.421. The summed E-state index contributed by atoms with van der Waals surface area (Å²) in [5, 5.41) is 6.23. The van der Waals surface area contributed by atoms with Crippen molar-refractivity contribution >= 4 is 41.5 Å². The standard InChI is InChI=1S/C13H17ClF3N3.HI/c1-18-12(20-9-7-13(15,16)17)19-8-6-10-4-2-3-5-11(10)14;/h2-5H,6-9H2,1H3,(H2,18,19,20);1H. The Hall–Kier alpha value is -0.700. The summed E-state index contributed by atoms with van der Waals surface area (Å²) in [7, 11) is 1.51. The molecule has 2 N–H and O–H groups in total. The molecule has 1 aromatic rings. The Morgan fingerprint density at radius 3 is 2.38 bits per heavy atom. The van der Waals surface area contributed by atoms with Crippen molar-refractivity contribution < 1.29 is 13.2 Å². The van der Waals surface area contributed by atoms with Crippen LogP contribution in [-0.4, -0.2) is 32.3 Å². The molecule has 0 amide bonds. The molecule has 3 nitrogen and oxygen atoms in total. The van der Waals surface area contributed by atoms with Gasteiger partial charge in [-0.2, -0.15) is 13.2 Å². The first-order chi connectivity index (χ1) is 9.42. The van der Waals surface area contributed by atoms with E-state index in [9.17, 15) is 13.2 Å². The number of nitrogens with zero attached hydrogens (tertiary/aromatic N) is 1. The van der Waals surface area contributed by atoms with Crippen LogP contribution in [0.5, 0.6) is 0 Å². The number of aliphatic imine (C=N–C) groups is 1. The molecule has 0 heterocycles. The van der Waals surface area contributed by atoms with E-state index < -0.39 is 12.6 Å². The molecule has 0 aliphatic rings. The predicted octanol–water partition coefficient (Wildman–Crippen LogP) is 3.62. The number of halogens is 5. The summed E-state index contributed by atoms with van der Waals surface area (Å²) in [6, 6.07) is 7.44. The van der Waals surface area contributed by atoms with E-state index in [2.05, 4.69) is 15.6 Å². The molecule has 21 heavy (non-hydrogen) atoms. The van der Waals surface area contributed by atoms with Crippen molar-refractivity contribution in [3.63, 3.8) is 0 Å². The van der Waals surface area contributed by atoms with E-state index in [1.165, 1.54) is 7.05 Å². The first-order valence-electron chi connectivity index (χ1n) is 6.17. The van der Waals surface area contributed by atoms with Crippen molar-refractivity contribution in [3.05, 3.63) is 34.9 Å². The zero-order chi connectivity index (χ0) is 15.0. The lowest BCUT2D eigenvalue weighted by Gasteiger charge is -2.13. The van der Waals surface area contributed by atoms with Gasteiger partial charge in [0, 0.05) is 25.2 Å². The highest BCUT2D eigenvalue weighted by molar-refractivity contribution is 14.0. The molecule has 0 unspecified atom stereocenters. The second kappa shape index (κ2) is 10.1. The maximum absolute atomic E-state index is 12.0. The Kier molecular flexibility index (Phi) is 9.76. The van der Waals surface area contributed by atoms with Gasteiger partial charge < -0.3 is 10.6 Å². The summed E-state index contributed by atoms with van der Waals surface area (Å²) in [6.45, 7) is 0.338. The van der Waals surface area contributed by atoms with Gasteiger partial charge >= 0.3 is 6.18 Å². The molecule has 0 bridgehead atoms. The number of hydrogen-bond donors (Lipinski definition) is 2. The maximum atomic E-state index is 12.0. The largest absolute Gasteiger partial charge is 0.390 e. The van der Waals surface area contributed by atoms with Gasteiger partial charge in [-0.3, -0.25) is 4.99 Å². The number of alkyl halides is 3. The molecule has 0 fully saturated rings. The SMILES string of the molecule is CN=C(NCCc1ccccc1Cl)NCCC(F)(F)F.I. The Labute approximate surface area is 144 Å². The summed E-state index contributed by atoms with van der Waals surface area (Å²) < 4.78 is 36.0. The number of benzene rings is 1. The van der Waals surface area contributed by atoms with E-state index >= 15 is 0 Å². The number of hydrogen-bond acceptors (Lipinski definition) is 1. The molecular weight excluding hydrogens is 418 g/mol. The van der Waals surface area contributed by atoms with Gasteiger partial charge in [0.25, 0.3) is 0 Å². The minimum Gasteiger partial charge on any atom is -0.356 e. The van der Waals surface area contributed by atoms with Crippen LogP contribution < -0.4 is 10.6 Å². The summed E-state index contributed by atoms with van der Waals surface area (Å²) in [5.41, 5.74) is 0.979. The summed E-state index contributed by atoms with van der Waals surface area (Å²) in [6.07, 6.45) is -4.39. The van der Waals surface area contributed by atoms with Crippen LogP contribution >= 0.6 is 35.6 Å². The van der Waals surface area contributed by atoms with Gasteiger partial charge in [0.2, 0.25) is 0 Å². The lowest BCUT2D eigenvalue weighted by molar-refractivity contribution is -0.132. The first kappa shape index (κ1) is 20.3. The van der Waals surface area contributed by atoms with Gasteiger partial charge in [-0.15, -0.1) is 24.0 Å². The maximum Gasteiger partial charge on any atom is 0.390 e. The summed E-state index contributed by atoms with van der Waals surface area (Å²) in [4.78, 5) is 3.86. The molecule has 0 radical (unpaired) electrons. The topological polar surface area (TPSA) is 36.4 Å². The number of rotatable bonds is 5. The third-order valence-corrected chi connectivity index (χ3v) is 2.94. The Morgan fingerprint density at radius 2 is 1.81 bits per heavy atom. The number of guanidine groups is 1. The van der Waals surface area contributed by atoms with E-state index in [0.717, 1.165) is 5.56 Å². The normalized spacial score (nSPS) is 11.8. The Balaban J connectivity index is 0.00000400. The van der Waals surface area contributed by atoms with E-state index in [4.69, 9.17) is 11.6 Å². The van der Waals surface area contributed by atoms with Crippen LogP contribution in [-0.2, 0) is 6.42 Å². The van der Waals surface area contributed by atoms with Crippen molar-refractivity contribution in [2.24, 2.45) is 4.99 Å². The average molecular weight is 436 g/mol. The fraction of sp³-hybridized carbons (Fsp3) is 0.462. The highest BCUT2D eigenvalue weighted by atomic mass is 127. The smallest absolute Gasteiger partial charge is 0.356 e. The first-order valence-corrected chi connectivity index (χ1v) is 6.55. The number of nitrogens with one attached hydrogen (secondary N) is 2. The highest BCUT2D eigenvalue weighted by Crippen LogP contribution is 2.18. The molecule has 1 rings (SSSR count). The lowest BCUT2D eigenvalue weighted by atomic mass is 10.1.